The molecule has 144 valence electrons. The largest absolute Gasteiger partial charge is 0.444 e. The fourth-order valence-corrected chi connectivity index (χ4v) is 2.81. The summed E-state index contributed by atoms with van der Waals surface area (Å²) in [6.45, 7) is 2.03. The zero-order valence-corrected chi connectivity index (χ0v) is 15.6. The minimum Gasteiger partial charge on any atom is -0.444 e. The summed E-state index contributed by atoms with van der Waals surface area (Å²) in [5, 5.41) is 5.14. The Morgan fingerprint density at radius 3 is 2.31 bits per heavy atom. The van der Waals surface area contributed by atoms with Gasteiger partial charge >= 0.3 is 6.03 Å². The van der Waals surface area contributed by atoms with E-state index in [0.29, 0.717) is 11.6 Å². The van der Waals surface area contributed by atoms with E-state index in [1.807, 2.05) is 31.2 Å². The highest BCUT2D eigenvalue weighted by molar-refractivity contribution is 5.99. The first-order valence-corrected chi connectivity index (χ1v) is 9.04. The molecule has 1 aromatic heterocycles. The number of para-hydroxylation sites is 1. The van der Waals surface area contributed by atoms with Crippen molar-refractivity contribution in [3.63, 3.8) is 0 Å². The van der Waals surface area contributed by atoms with Crippen molar-refractivity contribution in [1.29, 1.82) is 0 Å². The van der Waals surface area contributed by atoms with Gasteiger partial charge in [-0.3, -0.25) is 0 Å². The van der Waals surface area contributed by atoms with Crippen molar-refractivity contribution >= 4 is 17.4 Å². The molecule has 6 heteroatoms. The van der Waals surface area contributed by atoms with Gasteiger partial charge in [-0.25, -0.2) is 14.2 Å². The van der Waals surface area contributed by atoms with Crippen molar-refractivity contribution in [2.45, 2.75) is 6.92 Å². The average molecular weight is 387 g/mol. The summed E-state index contributed by atoms with van der Waals surface area (Å²) in [6, 6.07) is 20.5. The van der Waals surface area contributed by atoms with Crippen LogP contribution < -0.4 is 10.6 Å². The number of aromatic nitrogens is 1. The molecular weight excluding hydrogens is 369 g/mol. The number of nitrogens with zero attached hydrogens (tertiary/aromatic N) is 1. The molecule has 2 amide bonds. The molecule has 0 atom stereocenters. The molecule has 0 aliphatic carbocycles. The summed E-state index contributed by atoms with van der Waals surface area (Å²) in [7, 11) is 0. The fourth-order valence-electron chi connectivity index (χ4n) is 2.81. The van der Waals surface area contributed by atoms with Crippen molar-refractivity contribution in [2.24, 2.45) is 0 Å². The molecule has 0 saturated carbocycles. The van der Waals surface area contributed by atoms with Gasteiger partial charge in [-0.15, -0.1) is 0 Å². The molecule has 0 aliphatic heterocycles. The number of urea groups is 1. The maximum absolute atomic E-state index is 13.6. The number of carbonyl (C=O) groups is 1. The van der Waals surface area contributed by atoms with Crippen molar-refractivity contribution in [3.05, 3.63) is 90.4 Å². The minimum atomic E-state index is -0.527. The Labute approximate surface area is 167 Å². The molecule has 0 bridgehead atoms. The molecule has 0 fully saturated rings. The van der Waals surface area contributed by atoms with E-state index in [1.165, 1.54) is 17.7 Å². The summed E-state index contributed by atoms with van der Waals surface area (Å²) in [5.41, 5.74) is 4.38. The lowest BCUT2D eigenvalue weighted by atomic mass is 10.1. The van der Waals surface area contributed by atoms with E-state index >= 15 is 0 Å². The van der Waals surface area contributed by atoms with Crippen LogP contribution in [-0.2, 0) is 0 Å². The van der Waals surface area contributed by atoms with Gasteiger partial charge in [0, 0.05) is 16.8 Å². The van der Waals surface area contributed by atoms with Crippen LogP contribution in [0.1, 0.15) is 5.56 Å². The van der Waals surface area contributed by atoms with E-state index in [9.17, 15) is 9.18 Å². The second-order valence-corrected chi connectivity index (χ2v) is 6.54. The second-order valence-electron chi connectivity index (χ2n) is 6.54. The van der Waals surface area contributed by atoms with E-state index in [2.05, 4.69) is 15.6 Å². The number of nitrogens with one attached hydrogen (secondary N) is 2. The van der Waals surface area contributed by atoms with Crippen LogP contribution in [0.2, 0.25) is 0 Å². The Morgan fingerprint density at radius 1 is 0.897 bits per heavy atom. The summed E-state index contributed by atoms with van der Waals surface area (Å²) in [4.78, 5) is 16.6. The van der Waals surface area contributed by atoms with Crippen LogP contribution in [0.4, 0.5) is 20.6 Å². The van der Waals surface area contributed by atoms with Crippen LogP contribution in [-0.4, -0.2) is 11.0 Å². The molecule has 0 unspecified atom stereocenters. The van der Waals surface area contributed by atoms with E-state index in [-0.39, 0.29) is 5.69 Å². The SMILES string of the molecule is Cc1ccc(-c2coc(-c3ccc(NC(=O)Nc4ccccc4F)cc3)n2)cc1. The van der Waals surface area contributed by atoms with Crippen LogP contribution in [0.5, 0.6) is 0 Å². The van der Waals surface area contributed by atoms with Gasteiger partial charge in [0.15, 0.2) is 0 Å². The number of halogens is 1. The van der Waals surface area contributed by atoms with Crippen molar-refractivity contribution in [1.82, 2.24) is 4.98 Å². The highest BCUT2D eigenvalue weighted by atomic mass is 19.1. The molecule has 29 heavy (non-hydrogen) atoms. The highest BCUT2D eigenvalue weighted by Crippen LogP contribution is 2.26. The molecule has 0 radical (unpaired) electrons. The highest BCUT2D eigenvalue weighted by Gasteiger charge is 2.10. The average Bonchev–Trinajstić information content (AvgIpc) is 3.21. The van der Waals surface area contributed by atoms with Gasteiger partial charge in [-0.1, -0.05) is 42.0 Å². The lowest BCUT2D eigenvalue weighted by Gasteiger charge is -2.08. The molecule has 2 N–H and O–H groups in total. The number of amides is 2. The Kier molecular flexibility index (Phi) is 5.07. The number of benzene rings is 3. The van der Waals surface area contributed by atoms with Gasteiger partial charge in [0.25, 0.3) is 0 Å². The number of hydrogen-bond acceptors (Lipinski definition) is 3. The maximum atomic E-state index is 13.6. The van der Waals surface area contributed by atoms with Crippen LogP contribution in [0.15, 0.2) is 83.5 Å². The number of oxazole rings is 1. The topological polar surface area (TPSA) is 67.2 Å². The normalized spacial score (nSPS) is 10.6. The Morgan fingerprint density at radius 2 is 1.59 bits per heavy atom. The third kappa shape index (κ3) is 4.32. The van der Waals surface area contributed by atoms with Gasteiger partial charge < -0.3 is 15.1 Å². The number of rotatable bonds is 4. The maximum Gasteiger partial charge on any atom is 0.323 e. The lowest BCUT2D eigenvalue weighted by Crippen LogP contribution is -2.20. The number of anilines is 2. The van der Waals surface area contributed by atoms with Gasteiger partial charge in [0.2, 0.25) is 5.89 Å². The van der Waals surface area contributed by atoms with E-state index in [0.717, 1.165) is 16.8 Å². The van der Waals surface area contributed by atoms with Crippen molar-refractivity contribution in [2.75, 3.05) is 10.6 Å². The first-order valence-electron chi connectivity index (χ1n) is 9.04. The van der Waals surface area contributed by atoms with Crippen LogP contribution >= 0.6 is 0 Å². The van der Waals surface area contributed by atoms with E-state index < -0.39 is 11.8 Å². The fraction of sp³-hybridized carbons (Fsp3) is 0.0435. The third-order valence-corrected chi connectivity index (χ3v) is 4.36. The van der Waals surface area contributed by atoms with Crippen molar-refractivity contribution < 1.29 is 13.6 Å². The van der Waals surface area contributed by atoms with E-state index in [1.54, 1.807) is 42.7 Å². The molecule has 0 saturated heterocycles. The molecule has 5 nitrogen and oxygen atoms in total. The zero-order chi connectivity index (χ0) is 20.2. The minimum absolute atomic E-state index is 0.116. The molecule has 3 aromatic carbocycles. The Bertz CT molecular complexity index is 1140. The molecule has 0 aliphatic rings. The summed E-state index contributed by atoms with van der Waals surface area (Å²) in [5.74, 6) is -0.00537. The number of hydrogen-bond donors (Lipinski definition) is 2. The van der Waals surface area contributed by atoms with Gasteiger partial charge in [-0.05, 0) is 43.3 Å². The zero-order valence-electron chi connectivity index (χ0n) is 15.6. The first-order chi connectivity index (χ1) is 14.1. The summed E-state index contributed by atoms with van der Waals surface area (Å²) < 4.78 is 19.2. The smallest absolute Gasteiger partial charge is 0.323 e. The first kappa shape index (κ1) is 18.4. The lowest BCUT2D eigenvalue weighted by molar-refractivity contribution is 0.262. The van der Waals surface area contributed by atoms with Crippen LogP contribution in [0.3, 0.4) is 0 Å². The predicted molar refractivity (Wildman–Crippen MR) is 111 cm³/mol. The number of carbonyl (C=O) groups excluding carboxylic acids is 1. The van der Waals surface area contributed by atoms with Crippen LogP contribution in [0, 0.1) is 12.7 Å². The third-order valence-electron chi connectivity index (χ3n) is 4.36. The number of aryl methyl sites for hydroxylation is 1. The Hall–Kier alpha value is -3.93. The summed E-state index contributed by atoms with van der Waals surface area (Å²) >= 11 is 0. The van der Waals surface area contributed by atoms with Crippen molar-refractivity contribution in [3.8, 4) is 22.7 Å². The second kappa shape index (κ2) is 7.98. The van der Waals surface area contributed by atoms with Gasteiger partial charge in [0.05, 0.1) is 5.69 Å². The molecule has 4 rings (SSSR count). The van der Waals surface area contributed by atoms with Gasteiger partial charge in [-0.2, -0.15) is 0 Å². The van der Waals surface area contributed by atoms with Gasteiger partial charge in [0.1, 0.15) is 17.8 Å². The monoisotopic (exact) mass is 387 g/mol. The quantitative estimate of drug-likeness (QED) is 0.445. The van der Waals surface area contributed by atoms with Crippen LogP contribution in [0.25, 0.3) is 22.7 Å². The molecule has 4 aromatic rings. The Balaban J connectivity index is 1.43. The molecule has 0 spiro atoms. The predicted octanol–water partition coefficient (Wildman–Crippen LogP) is 6.10. The standard InChI is InChI=1S/C23H18FN3O2/c1-15-6-8-16(9-7-15)21-14-29-22(26-21)17-10-12-18(13-11-17)25-23(28)27-20-5-3-2-4-19(20)24/h2-14H,1H3,(H2,25,27,28). The summed E-state index contributed by atoms with van der Waals surface area (Å²) in [6.07, 6.45) is 1.62. The van der Waals surface area contributed by atoms with E-state index in [4.69, 9.17) is 4.42 Å². The molecular formula is C23H18FN3O2. The molecule has 1 heterocycles.